The van der Waals surface area contributed by atoms with Gasteiger partial charge in [0.15, 0.2) is 0 Å². The molecule has 0 saturated heterocycles. The van der Waals surface area contributed by atoms with Crippen LogP contribution in [0.25, 0.3) is 0 Å². The zero-order valence-electron chi connectivity index (χ0n) is 8.29. The maximum atomic E-state index is 4.13. The van der Waals surface area contributed by atoms with Crippen LogP contribution in [0.1, 0.15) is 19.3 Å². The highest BCUT2D eigenvalue weighted by atomic mass is 14.7. The van der Waals surface area contributed by atoms with E-state index in [1.807, 2.05) is 0 Å². The summed E-state index contributed by atoms with van der Waals surface area (Å²) >= 11 is 0. The van der Waals surface area contributed by atoms with Gasteiger partial charge >= 0.3 is 5.71 Å². The maximum Gasteiger partial charge on any atom is 0.307 e. The number of nitrogens with zero attached hydrogens (tertiary/aromatic N) is 1. The molecular formula is C13H14N+. The molecule has 14 heavy (non-hydrogen) atoms. The van der Waals surface area contributed by atoms with Crippen molar-refractivity contribution >= 4 is 12.4 Å². The standard InChI is InChI=1S/C13H14N/c1-9-4-3-5-11(14-2)6-12(9)13-7-10(13)8-13/h3-4,6,10H,1-2,5,7-8H2/q+1. The molecule has 0 unspecified atom stereocenters. The van der Waals surface area contributed by atoms with E-state index < -0.39 is 0 Å². The van der Waals surface area contributed by atoms with Gasteiger partial charge in [0, 0.05) is 6.08 Å². The van der Waals surface area contributed by atoms with Crippen molar-refractivity contribution in [2.75, 3.05) is 0 Å². The molecule has 0 N–H and O–H groups in total. The van der Waals surface area contributed by atoms with Crippen LogP contribution in [0.5, 0.6) is 0 Å². The van der Waals surface area contributed by atoms with Gasteiger partial charge in [0.1, 0.15) is 0 Å². The zero-order chi connectivity index (χ0) is 9.76. The summed E-state index contributed by atoms with van der Waals surface area (Å²) in [6.07, 6.45) is 10.1. The topological polar surface area (TPSA) is 14.1 Å². The monoisotopic (exact) mass is 184 g/mol. The molecule has 1 nitrogen and oxygen atoms in total. The van der Waals surface area contributed by atoms with Gasteiger partial charge in [-0.05, 0) is 35.3 Å². The van der Waals surface area contributed by atoms with Crippen molar-refractivity contribution in [3.8, 4) is 0 Å². The first-order valence-corrected chi connectivity index (χ1v) is 5.17. The van der Waals surface area contributed by atoms with E-state index in [0.29, 0.717) is 5.41 Å². The molecule has 0 aromatic rings. The molecule has 0 heterocycles. The van der Waals surface area contributed by atoms with E-state index in [1.54, 1.807) is 0 Å². The van der Waals surface area contributed by atoms with Crippen molar-refractivity contribution in [1.82, 2.24) is 4.67 Å². The van der Waals surface area contributed by atoms with Crippen LogP contribution in [0.15, 0.2) is 36.0 Å². The zero-order valence-corrected chi connectivity index (χ0v) is 8.29. The van der Waals surface area contributed by atoms with Crippen LogP contribution >= 0.6 is 0 Å². The summed E-state index contributed by atoms with van der Waals surface area (Å²) in [5.41, 5.74) is 4.23. The lowest BCUT2D eigenvalue weighted by molar-refractivity contribution is 0.764. The largest absolute Gasteiger partial charge is 0.307 e. The summed E-state index contributed by atoms with van der Waals surface area (Å²) < 4.78 is 4.05. The van der Waals surface area contributed by atoms with Crippen molar-refractivity contribution in [2.45, 2.75) is 19.3 Å². The van der Waals surface area contributed by atoms with Gasteiger partial charge in [-0.15, -0.1) is 4.67 Å². The molecule has 2 saturated carbocycles. The van der Waals surface area contributed by atoms with Crippen LogP contribution in [0.3, 0.4) is 0 Å². The highest BCUT2D eigenvalue weighted by molar-refractivity contribution is 5.98. The maximum absolute atomic E-state index is 4.13. The number of fused-ring (bicyclic) bond motifs is 1. The smallest absolute Gasteiger partial charge is 0.105 e. The first-order chi connectivity index (χ1) is 6.76. The van der Waals surface area contributed by atoms with Crippen LogP contribution in [-0.2, 0) is 0 Å². The fourth-order valence-electron chi connectivity index (χ4n) is 2.45. The molecule has 0 spiro atoms. The van der Waals surface area contributed by atoms with E-state index in [2.05, 4.69) is 36.2 Å². The van der Waals surface area contributed by atoms with Gasteiger partial charge in [-0.1, -0.05) is 18.7 Å². The molecule has 0 amide bonds. The molecule has 3 aliphatic carbocycles. The Labute approximate surface area is 84.3 Å². The van der Waals surface area contributed by atoms with E-state index in [9.17, 15) is 0 Å². The summed E-state index contributed by atoms with van der Waals surface area (Å²) in [6, 6.07) is 0. The Balaban J connectivity index is 2.05. The summed E-state index contributed by atoms with van der Waals surface area (Å²) in [4.78, 5) is 0. The second-order valence-electron chi connectivity index (χ2n) is 4.60. The van der Waals surface area contributed by atoms with Crippen molar-refractivity contribution in [1.29, 1.82) is 0 Å². The van der Waals surface area contributed by atoms with Gasteiger partial charge < -0.3 is 0 Å². The minimum absolute atomic E-state index is 0.529. The Hall–Kier alpha value is -1.33. The fourth-order valence-corrected chi connectivity index (χ4v) is 2.45. The summed E-state index contributed by atoms with van der Waals surface area (Å²) in [5, 5.41) is 0. The number of hydrogen-bond donors (Lipinski definition) is 0. The lowest BCUT2D eigenvalue weighted by Crippen LogP contribution is -2.00. The van der Waals surface area contributed by atoms with Crippen LogP contribution in [0, 0.1) is 11.3 Å². The third-order valence-electron chi connectivity index (χ3n) is 3.72. The van der Waals surface area contributed by atoms with Crippen LogP contribution < -0.4 is 4.67 Å². The molecule has 2 fully saturated rings. The van der Waals surface area contributed by atoms with Crippen LogP contribution in [0.2, 0.25) is 0 Å². The van der Waals surface area contributed by atoms with Gasteiger partial charge in [0.25, 0.3) is 6.72 Å². The van der Waals surface area contributed by atoms with Crippen molar-refractivity contribution in [3.63, 3.8) is 0 Å². The van der Waals surface area contributed by atoms with Gasteiger partial charge in [-0.3, -0.25) is 0 Å². The molecule has 0 aliphatic heterocycles. The molecule has 3 aliphatic rings. The van der Waals surface area contributed by atoms with Gasteiger partial charge in [0.2, 0.25) is 0 Å². The predicted molar refractivity (Wildman–Crippen MR) is 60.4 cm³/mol. The first kappa shape index (κ1) is 8.02. The molecule has 0 bridgehead atoms. The van der Waals surface area contributed by atoms with Gasteiger partial charge in [-0.25, -0.2) is 0 Å². The average Bonchev–Trinajstić information content (AvgIpc) is 2.94. The normalized spacial score (nSPS) is 38.3. The molecule has 3 rings (SSSR count). The van der Waals surface area contributed by atoms with E-state index in [4.69, 9.17) is 0 Å². The molecule has 70 valence electrons. The summed E-state index contributed by atoms with van der Waals surface area (Å²) in [7, 11) is 0. The number of hydrogen-bond acceptors (Lipinski definition) is 0. The van der Waals surface area contributed by atoms with E-state index in [0.717, 1.165) is 18.1 Å². The average molecular weight is 184 g/mol. The van der Waals surface area contributed by atoms with Crippen LogP contribution in [0.4, 0.5) is 0 Å². The fraction of sp³-hybridized carbons (Fsp3) is 0.385. The molecule has 1 heteroatoms. The molecule has 0 aromatic carbocycles. The Morgan fingerprint density at radius 1 is 1.43 bits per heavy atom. The molecule has 0 aromatic heterocycles. The lowest BCUT2D eigenvalue weighted by atomic mass is 9.96. The second-order valence-corrected chi connectivity index (χ2v) is 4.60. The quantitative estimate of drug-likeness (QED) is 0.437. The van der Waals surface area contributed by atoms with E-state index in [-0.39, 0.29) is 0 Å². The Morgan fingerprint density at radius 2 is 2.14 bits per heavy atom. The molecule has 0 radical (unpaired) electrons. The number of allylic oxidation sites excluding steroid dienone is 5. The van der Waals surface area contributed by atoms with Crippen molar-refractivity contribution < 1.29 is 0 Å². The Bertz CT molecular complexity index is 424. The second kappa shape index (κ2) is 2.37. The third-order valence-corrected chi connectivity index (χ3v) is 3.72. The Kier molecular flexibility index (Phi) is 1.36. The van der Waals surface area contributed by atoms with E-state index in [1.165, 1.54) is 24.0 Å². The van der Waals surface area contributed by atoms with Crippen LogP contribution in [-0.4, -0.2) is 12.4 Å². The van der Waals surface area contributed by atoms with Crippen molar-refractivity contribution in [3.05, 3.63) is 36.0 Å². The lowest BCUT2D eigenvalue weighted by Gasteiger charge is -2.07. The Morgan fingerprint density at radius 3 is 2.71 bits per heavy atom. The SMILES string of the molecule is C=[N+]=C1C=C(C23CC2C3)C(=C)C=CC1. The summed E-state index contributed by atoms with van der Waals surface area (Å²) in [6.45, 7) is 7.73. The highest BCUT2D eigenvalue weighted by Gasteiger charge is 2.71. The third kappa shape index (κ3) is 0.935. The minimum atomic E-state index is 0.529. The number of rotatable bonds is 1. The first-order valence-electron chi connectivity index (χ1n) is 5.17. The van der Waals surface area contributed by atoms with E-state index >= 15 is 0 Å². The highest BCUT2D eigenvalue weighted by Crippen LogP contribution is 2.79. The summed E-state index contributed by atoms with van der Waals surface area (Å²) in [5.74, 6) is 0.961. The minimum Gasteiger partial charge on any atom is -0.105 e. The van der Waals surface area contributed by atoms with Crippen molar-refractivity contribution in [2.24, 2.45) is 11.3 Å². The molecular weight excluding hydrogens is 170 g/mol. The van der Waals surface area contributed by atoms with Gasteiger partial charge in [-0.2, -0.15) is 0 Å². The molecule has 0 atom stereocenters. The van der Waals surface area contributed by atoms with Gasteiger partial charge in [0.05, 0.1) is 6.42 Å². The predicted octanol–water partition coefficient (Wildman–Crippen LogP) is 2.05.